The van der Waals surface area contributed by atoms with Gasteiger partial charge in [0.05, 0.1) is 0 Å². The van der Waals surface area contributed by atoms with Crippen molar-refractivity contribution in [3.63, 3.8) is 0 Å². The number of carbonyl (C=O) groups excluding carboxylic acids is 2. The molecule has 1 saturated carbocycles. The van der Waals surface area contributed by atoms with Gasteiger partial charge in [-0.05, 0) is 43.5 Å². The molecule has 0 bridgehead atoms. The van der Waals surface area contributed by atoms with Crippen molar-refractivity contribution in [3.05, 3.63) is 35.6 Å². The van der Waals surface area contributed by atoms with Gasteiger partial charge < -0.3 is 10.4 Å². The van der Waals surface area contributed by atoms with E-state index in [-0.39, 0.29) is 42.5 Å². The van der Waals surface area contributed by atoms with Crippen LogP contribution >= 0.6 is 0 Å². The maximum absolute atomic E-state index is 12.8. The number of aliphatic hydroxyl groups excluding tert-OH is 1. The summed E-state index contributed by atoms with van der Waals surface area (Å²) in [7, 11) is 0. The number of Topliss-reactive ketones (excluding diaryl/α,β-unsaturated/α-hetero) is 1. The minimum atomic E-state index is -0.369. The van der Waals surface area contributed by atoms with E-state index in [1.807, 2.05) is 0 Å². The van der Waals surface area contributed by atoms with Gasteiger partial charge in [-0.3, -0.25) is 9.59 Å². The first-order valence-corrected chi connectivity index (χ1v) is 8.29. The highest BCUT2D eigenvalue weighted by Gasteiger charge is 2.25. The minimum Gasteiger partial charge on any atom is -0.396 e. The average Bonchev–Trinajstić information content (AvgIpc) is 2.56. The zero-order valence-electron chi connectivity index (χ0n) is 13.3. The van der Waals surface area contributed by atoms with E-state index in [4.69, 9.17) is 0 Å². The van der Waals surface area contributed by atoms with Crippen molar-refractivity contribution < 1.29 is 19.1 Å². The lowest BCUT2D eigenvalue weighted by Crippen LogP contribution is -2.43. The molecule has 2 rings (SSSR count). The molecule has 1 aliphatic rings. The van der Waals surface area contributed by atoms with Gasteiger partial charge in [0, 0.05) is 37.0 Å². The fraction of sp³-hybridized carbons (Fsp3) is 0.556. The van der Waals surface area contributed by atoms with Gasteiger partial charge in [0.15, 0.2) is 5.78 Å². The van der Waals surface area contributed by atoms with Crippen LogP contribution in [-0.4, -0.2) is 29.4 Å². The molecule has 0 aliphatic heterocycles. The summed E-state index contributed by atoms with van der Waals surface area (Å²) >= 11 is 0. The second-order valence-electron chi connectivity index (χ2n) is 6.18. The van der Waals surface area contributed by atoms with Crippen LogP contribution in [0.25, 0.3) is 0 Å². The normalized spacial score (nSPS) is 21.0. The summed E-state index contributed by atoms with van der Waals surface area (Å²) in [5.74, 6) is -0.369. The largest absolute Gasteiger partial charge is 0.396 e. The van der Waals surface area contributed by atoms with E-state index in [1.54, 1.807) is 0 Å². The number of hydrogen-bond acceptors (Lipinski definition) is 3. The third-order valence-corrected chi connectivity index (χ3v) is 4.46. The van der Waals surface area contributed by atoms with Gasteiger partial charge in [-0.15, -0.1) is 0 Å². The van der Waals surface area contributed by atoms with Crippen LogP contribution in [0.4, 0.5) is 4.39 Å². The van der Waals surface area contributed by atoms with Crippen LogP contribution in [0.15, 0.2) is 24.3 Å². The molecule has 1 aromatic rings. The maximum Gasteiger partial charge on any atom is 0.220 e. The Morgan fingerprint density at radius 2 is 1.83 bits per heavy atom. The third kappa shape index (κ3) is 5.43. The molecular formula is C18H24FNO3. The lowest BCUT2D eigenvalue weighted by atomic mass is 9.85. The van der Waals surface area contributed by atoms with E-state index in [0.29, 0.717) is 18.4 Å². The molecule has 4 nitrogen and oxygen atoms in total. The SMILES string of the molecule is O=C(CCCC(=O)c1ccc(F)cc1)NC1CCCCC1CO. The van der Waals surface area contributed by atoms with E-state index < -0.39 is 0 Å². The average molecular weight is 321 g/mol. The molecule has 2 N–H and O–H groups in total. The first-order chi connectivity index (χ1) is 11.1. The lowest BCUT2D eigenvalue weighted by Gasteiger charge is -2.30. The lowest BCUT2D eigenvalue weighted by molar-refractivity contribution is -0.122. The van der Waals surface area contributed by atoms with Crippen molar-refractivity contribution in [1.29, 1.82) is 0 Å². The molecule has 1 aromatic carbocycles. The van der Waals surface area contributed by atoms with Gasteiger partial charge in [-0.2, -0.15) is 0 Å². The highest BCUT2D eigenvalue weighted by atomic mass is 19.1. The Kier molecular flexibility index (Phi) is 6.71. The van der Waals surface area contributed by atoms with Crippen LogP contribution in [0.2, 0.25) is 0 Å². The van der Waals surface area contributed by atoms with Gasteiger partial charge in [0.1, 0.15) is 5.82 Å². The first-order valence-electron chi connectivity index (χ1n) is 8.29. The van der Waals surface area contributed by atoms with Crippen molar-refractivity contribution in [1.82, 2.24) is 5.32 Å². The Bertz CT molecular complexity index is 530. The zero-order valence-corrected chi connectivity index (χ0v) is 13.3. The number of rotatable bonds is 7. The van der Waals surface area contributed by atoms with Crippen molar-refractivity contribution >= 4 is 11.7 Å². The van der Waals surface area contributed by atoms with Crippen LogP contribution < -0.4 is 5.32 Å². The standard InChI is InChI=1S/C18H24FNO3/c19-15-10-8-13(9-11-15)17(22)6-3-7-18(23)20-16-5-2-1-4-14(16)12-21/h8-11,14,16,21H,1-7,12H2,(H,20,23). The van der Waals surface area contributed by atoms with E-state index in [0.717, 1.165) is 25.7 Å². The van der Waals surface area contributed by atoms with Crippen LogP contribution in [0.3, 0.4) is 0 Å². The van der Waals surface area contributed by atoms with E-state index in [2.05, 4.69) is 5.32 Å². The van der Waals surface area contributed by atoms with Crippen LogP contribution in [0, 0.1) is 11.7 Å². The maximum atomic E-state index is 12.8. The molecule has 0 radical (unpaired) electrons. The molecule has 2 atom stereocenters. The summed E-state index contributed by atoms with van der Waals surface area (Å²) in [4.78, 5) is 23.9. The number of ketones is 1. The van der Waals surface area contributed by atoms with Crippen molar-refractivity contribution in [2.24, 2.45) is 5.92 Å². The second-order valence-corrected chi connectivity index (χ2v) is 6.18. The summed E-state index contributed by atoms with van der Waals surface area (Å²) < 4.78 is 12.8. The molecule has 23 heavy (non-hydrogen) atoms. The summed E-state index contributed by atoms with van der Waals surface area (Å²) in [5, 5.41) is 12.3. The highest BCUT2D eigenvalue weighted by Crippen LogP contribution is 2.24. The summed E-state index contributed by atoms with van der Waals surface area (Å²) in [6.45, 7) is 0.105. The first kappa shape index (κ1) is 17.6. The smallest absolute Gasteiger partial charge is 0.220 e. The molecule has 0 heterocycles. The molecule has 1 aliphatic carbocycles. The summed E-state index contributed by atoms with van der Waals surface area (Å²) in [6, 6.07) is 5.50. The minimum absolute atomic E-state index is 0.0500. The fourth-order valence-corrected chi connectivity index (χ4v) is 3.08. The Hall–Kier alpha value is -1.75. The predicted molar refractivity (Wildman–Crippen MR) is 85.6 cm³/mol. The van der Waals surface area contributed by atoms with Gasteiger partial charge in [0.2, 0.25) is 5.91 Å². The number of benzene rings is 1. The zero-order chi connectivity index (χ0) is 16.7. The number of hydrogen-bond donors (Lipinski definition) is 2. The fourth-order valence-electron chi connectivity index (χ4n) is 3.08. The molecule has 126 valence electrons. The molecule has 1 fully saturated rings. The number of aliphatic hydroxyl groups is 1. The van der Waals surface area contributed by atoms with Crippen molar-refractivity contribution in [2.75, 3.05) is 6.61 Å². The van der Waals surface area contributed by atoms with Crippen molar-refractivity contribution in [3.8, 4) is 0 Å². The van der Waals surface area contributed by atoms with Crippen molar-refractivity contribution in [2.45, 2.75) is 51.0 Å². The van der Waals surface area contributed by atoms with E-state index in [1.165, 1.54) is 24.3 Å². The topological polar surface area (TPSA) is 66.4 Å². The van der Waals surface area contributed by atoms with E-state index >= 15 is 0 Å². The summed E-state index contributed by atoms with van der Waals surface area (Å²) in [5.41, 5.74) is 0.472. The monoisotopic (exact) mass is 321 g/mol. The number of amides is 1. The quantitative estimate of drug-likeness (QED) is 0.759. The number of nitrogens with one attached hydrogen (secondary N) is 1. The number of halogens is 1. The second kappa shape index (κ2) is 8.77. The number of carbonyl (C=O) groups is 2. The summed E-state index contributed by atoms with van der Waals surface area (Å²) in [6.07, 6.45) is 5.07. The molecule has 1 amide bonds. The van der Waals surface area contributed by atoms with E-state index in [9.17, 15) is 19.1 Å². The third-order valence-electron chi connectivity index (χ3n) is 4.46. The van der Waals surface area contributed by atoms with Crippen LogP contribution in [-0.2, 0) is 4.79 Å². The van der Waals surface area contributed by atoms with Gasteiger partial charge in [-0.25, -0.2) is 4.39 Å². The molecule has 5 heteroatoms. The molecule has 2 unspecified atom stereocenters. The van der Waals surface area contributed by atoms with Crippen LogP contribution in [0.5, 0.6) is 0 Å². The Balaban J connectivity index is 1.72. The predicted octanol–water partition coefficient (Wildman–Crippen LogP) is 2.85. The molecule has 0 aromatic heterocycles. The molecular weight excluding hydrogens is 297 g/mol. The molecule has 0 spiro atoms. The van der Waals surface area contributed by atoms with Gasteiger partial charge in [-0.1, -0.05) is 12.8 Å². The Labute approximate surface area is 136 Å². The van der Waals surface area contributed by atoms with Crippen LogP contribution in [0.1, 0.15) is 55.3 Å². The van der Waals surface area contributed by atoms with Gasteiger partial charge >= 0.3 is 0 Å². The molecule has 0 saturated heterocycles. The Morgan fingerprint density at radius 3 is 2.52 bits per heavy atom. The van der Waals surface area contributed by atoms with Gasteiger partial charge in [0.25, 0.3) is 0 Å². The highest BCUT2D eigenvalue weighted by molar-refractivity contribution is 5.96. The Morgan fingerprint density at radius 1 is 1.13 bits per heavy atom.